The fourth-order valence-corrected chi connectivity index (χ4v) is 2.99. The van der Waals surface area contributed by atoms with Crippen molar-refractivity contribution >= 4 is 5.91 Å². The molecule has 0 aromatic heterocycles. The molecular weight excluding hydrogens is 260 g/mol. The SMILES string of the molecule is CCCC1NC(c2ccc(C(C)C)cc2)N(CCC)C1=O. The highest BCUT2D eigenvalue weighted by Gasteiger charge is 2.38. The first kappa shape index (κ1) is 16.0. The minimum atomic E-state index is -0.0173. The monoisotopic (exact) mass is 288 g/mol. The maximum absolute atomic E-state index is 12.5. The van der Waals surface area contributed by atoms with Gasteiger partial charge in [0, 0.05) is 6.54 Å². The standard InChI is InChI=1S/C18H28N2O/c1-5-7-16-18(21)20(12-6-2)17(19-16)15-10-8-14(9-11-15)13(3)4/h8-11,13,16-17,19H,5-7,12H2,1-4H3. The first-order chi connectivity index (χ1) is 10.1. The highest BCUT2D eigenvalue weighted by Crippen LogP contribution is 2.28. The van der Waals surface area contributed by atoms with Gasteiger partial charge in [0.1, 0.15) is 6.17 Å². The van der Waals surface area contributed by atoms with E-state index < -0.39 is 0 Å². The van der Waals surface area contributed by atoms with E-state index in [1.165, 1.54) is 11.1 Å². The molecule has 1 saturated heterocycles. The van der Waals surface area contributed by atoms with Gasteiger partial charge in [0.2, 0.25) is 5.91 Å². The zero-order chi connectivity index (χ0) is 15.4. The van der Waals surface area contributed by atoms with Crippen LogP contribution in [0.2, 0.25) is 0 Å². The van der Waals surface area contributed by atoms with Crippen molar-refractivity contribution in [2.75, 3.05) is 6.54 Å². The Morgan fingerprint density at radius 1 is 1.14 bits per heavy atom. The summed E-state index contributed by atoms with van der Waals surface area (Å²) in [7, 11) is 0. The van der Waals surface area contributed by atoms with Crippen LogP contribution in [0.25, 0.3) is 0 Å². The lowest BCUT2D eigenvalue weighted by Gasteiger charge is -2.24. The van der Waals surface area contributed by atoms with E-state index in [4.69, 9.17) is 0 Å². The Kier molecular flexibility index (Phi) is 5.40. The number of carbonyl (C=O) groups excluding carboxylic acids is 1. The Hall–Kier alpha value is -1.35. The third-order valence-corrected chi connectivity index (χ3v) is 4.21. The van der Waals surface area contributed by atoms with Crippen LogP contribution in [0.4, 0.5) is 0 Å². The van der Waals surface area contributed by atoms with Crippen molar-refractivity contribution in [2.45, 2.75) is 65.1 Å². The van der Waals surface area contributed by atoms with E-state index in [9.17, 15) is 4.79 Å². The molecule has 1 aromatic rings. The molecule has 21 heavy (non-hydrogen) atoms. The molecule has 3 nitrogen and oxygen atoms in total. The van der Waals surface area contributed by atoms with Crippen LogP contribution in [0.15, 0.2) is 24.3 Å². The summed E-state index contributed by atoms with van der Waals surface area (Å²) in [5.41, 5.74) is 2.54. The first-order valence-electron chi connectivity index (χ1n) is 8.24. The zero-order valence-corrected chi connectivity index (χ0v) is 13.7. The summed E-state index contributed by atoms with van der Waals surface area (Å²) in [4.78, 5) is 14.5. The third-order valence-electron chi connectivity index (χ3n) is 4.21. The maximum atomic E-state index is 12.5. The van der Waals surface area contributed by atoms with Gasteiger partial charge in [0.25, 0.3) is 0 Å². The summed E-state index contributed by atoms with van der Waals surface area (Å²) in [5.74, 6) is 0.799. The summed E-state index contributed by atoms with van der Waals surface area (Å²) in [6.45, 7) is 9.48. The summed E-state index contributed by atoms with van der Waals surface area (Å²) in [5, 5.41) is 3.52. The predicted molar refractivity (Wildman–Crippen MR) is 87.1 cm³/mol. The van der Waals surface area contributed by atoms with Crippen LogP contribution in [0.3, 0.4) is 0 Å². The average Bonchev–Trinajstić information content (AvgIpc) is 2.78. The minimum Gasteiger partial charge on any atom is -0.322 e. The molecule has 1 heterocycles. The molecule has 116 valence electrons. The van der Waals surface area contributed by atoms with Gasteiger partial charge in [-0.25, -0.2) is 0 Å². The van der Waals surface area contributed by atoms with Crippen molar-refractivity contribution in [3.63, 3.8) is 0 Å². The Labute approximate surface area is 128 Å². The molecule has 0 spiro atoms. The number of nitrogens with one attached hydrogen (secondary N) is 1. The molecule has 3 heteroatoms. The molecule has 1 aliphatic heterocycles. The molecule has 1 fully saturated rings. The average molecular weight is 288 g/mol. The predicted octanol–water partition coefficient (Wildman–Crippen LogP) is 3.82. The van der Waals surface area contributed by atoms with Gasteiger partial charge in [-0.1, -0.05) is 58.4 Å². The van der Waals surface area contributed by atoms with Gasteiger partial charge in [-0.15, -0.1) is 0 Å². The normalized spacial score (nSPS) is 22.3. The second-order valence-electron chi connectivity index (χ2n) is 6.26. The number of benzene rings is 1. The maximum Gasteiger partial charge on any atom is 0.241 e. The van der Waals surface area contributed by atoms with E-state index in [1.807, 2.05) is 4.90 Å². The quantitative estimate of drug-likeness (QED) is 0.863. The lowest BCUT2D eigenvalue weighted by molar-refractivity contribution is -0.130. The minimum absolute atomic E-state index is 0.0173. The van der Waals surface area contributed by atoms with Gasteiger partial charge in [-0.05, 0) is 29.9 Å². The van der Waals surface area contributed by atoms with E-state index >= 15 is 0 Å². The summed E-state index contributed by atoms with van der Waals surface area (Å²) in [6, 6.07) is 8.68. The highest BCUT2D eigenvalue weighted by molar-refractivity contribution is 5.84. The number of nitrogens with zero attached hydrogens (tertiary/aromatic N) is 1. The number of hydrogen-bond acceptors (Lipinski definition) is 2. The lowest BCUT2D eigenvalue weighted by atomic mass is 10.0. The van der Waals surface area contributed by atoms with Gasteiger partial charge < -0.3 is 4.90 Å². The van der Waals surface area contributed by atoms with Crippen molar-refractivity contribution in [3.8, 4) is 0 Å². The molecule has 1 aliphatic rings. The van der Waals surface area contributed by atoms with Gasteiger partial charge in [0.15, 0.2) is 0 Å². The first-order valence-corrected chi connectivity index (χ1v) is 8.24. The fourth-order valence-electron chi connectivity index (χ4n) is 2.99. The number of rotatable bonds is 6. The fraction of sp³-hybridized carbons (Fsp3) is 0.611. The number of hydrogen-bond donors (Lipinski definition) is 1. The van der Waals surface area contributed by atoms with Gasteiger partial charge in [0.05, 0.1) is 6.04 Å². The van der Waals surface area contributed by atoms with Crippen LogP contribution in [0, 0.1) is 0 Å². The van der Waals surface area contributed by atoms with E-state index in [0.29, 0.717) is 5.92 Å². The Morgan fingerprint density at radius 2 is 1.81 bits per heavy atom. The van der Waals surface area contributed by atoms with Gasteiger partial charge >= 0.3 is 0 Å². The summed E-state index contributed by atoms with van der Waals surface area (Å²) in [6.07, 6.45) is 2.98. The third kappa shape index (κ3) is 3.46. The molecule has 0 saturated carbocycles. The van der Waals surface area contributed by atoms with E-state index in [-0.39, 0.29) is 18.1 Å². The smallest absolute Gasteiger partial charge is 0.241 e. The Balaban J connectivity index is 2.21. The van der Waals surface area contributed by atoms with Crippen molar-refractivity contribution in [3.05, 3.63) is 35.4 Å². The summed E-state index contributed by atoms with van der Waals surface area (Å²) < 4.78 is 0. The van der Waals surface area contributed by atoms with Gasteiger partial charge in [-0.2, -0.15) is 0 Å². The van der Waals surface area contributed by atoms with Crippen molar-refractivity contribution in [1.82, 2.24) is 10.2 Å². The van der Waals surface area contributed by atoms with Gasteiger partial charge in [-0.3, -0.25) is 10.1 Å². The number of amides is 1. The molecular formula is C18H28N2O. The van der Waals surface area contributed by atoms with Crippen LogP contribution < -0.4 is 5.32 Å². The van der Waals surface area contributed by atoms with Crippen molar-refractivity contribution < 1.29 is 4.79 Å². The van der Waals surface area contributed by atoms with Crippen molar-refractivity contribution in [1.29, 1.82) is 0 Å². The molecule has 0 aliphatic carbocycles. The molecule has 1 amide bonds. The summed E-state index contributed by atoms with van der Waals surface area (Å²) >= 11 is 0. The molecule has 2 rings (SSSR count). The zero-order valence-electron chi connectivity index (χ0n) is 13.7. The van der Waals surface area contributed by atoms with E-state index in [2.05, 4.69) is 57.3 Å². The lowest BCUT2D eigenvalue weighted by Crippen LogP contribution is -2.31. The topological polar surface area (TPSA) is 32.3 Å². The van der Waals surface area contributed by atoms with Crippen LogP contribution in [-0.2, 0) is 4.79 Å². The molecule has 0 radical (unpaired) electrons. The van der Waals surface area contributed by atoms with Crippen LogP contribution >= 0.6 is 0 Å². The Morgan fingerprint density at radius 3 is 2.33 bits per heavy atom. The van der Waals surface area contributed by atoms with Crippen LogP contribution in [0.5, 0.6) is 0 Å². The molecule has 2 atom stereocenters. The Bertz CT molecular complexity index is 467. The van der Waals surface area contributed by atoms with Crippen molar-refractivity contribution in [2.24, 2.45) is 0 Å². The second-order valence-corrected chi connectivity index (χ2v) is 6.26. The molecule has 1 N–H and O–H groups in total. The largest absolute Gasteiger partial charge is 0.322 e. The van der Waals surface area contributed by atoms with Crippen LogP contribution in [0.1, 0.15) is 70.2 Å². The van der Waals surface area contributed by atoms with E-state index in [0.717, 1.165) is 25.8 Å². The van der Waals surface area contributed by atoms with E-state index in [1.54, 1.807) is 0 Å². The highest BCUT2D eigenvalue weighted by atomic mass is 16.2. The molecule has 2 unspecified atom stereocenters. The molecule has 0 bridgehead atoms. The second kappa shape index (κ2) is 7.08. The van der Waals surface area contributed by atoms with Crippen LogP contribution in [-0.4, -0.2) is 23.4 Å². The molecule has 1 aromatic carbocycles. The number of carbonyl (C=O) groups is 1.